The minimum Gasteiger partial charge on any atom is -0.508 e. The molecule has 3 amide bonds. The molecule has 4 N–H and O–H groups in total. The van der Waals surface area contributed by atoms with E-state index in [-0.39, 0.29) is 22.9 Å². The van der Waals surface area contributed by atoms with Crippen molar-refractivity contribution in [1.29, 1.82) is 0 Å². The molecule has 1 fully saturated rings. The number of hydrogen-bond donors (Lipinski definition) is 4. The molecule has 1 aromatic rings. The molecule has 0 spiro atoms. The van der Waals surface area contributed by atoms with Crippen LogP contribution in [0.5, 0.6) is 5.75 Å². The molecule has 12 heteroatoms. The summed E-state index contributed by atoms with van der Waals surface area (Å²) in [4.78, 5) is 51.0. The maximum absolute atomic E-state index is 13.1. The first kappa shape index (κ1) is 24.7. The lowest BCUT2D eigenvalue weighted by Crippen LogP contribution is -2.71. The number of fused-ring (bicyclic) bond motifs is 1. The van der Waals surface area contributed by atoms with Crippen LogP contribution in [0.1, 0.15) is 32.4 Å². The van der Waals surface area contributed by atoms with E-state index in [0.29, 0.717) is 11.3 Å². The van der Waals surface area contributed by atoms with Gasteiger partial charge in [0.15, 0.2) is 0 Å². The number of rotatable bonds is 6. The number of aliphatic carboxylic acids is 1. The Morgan fingerprint density at radius 1 is 1.33 bits per heavy atom. The van der Waals surface area contributed by atoms with Gasteiger partial charge in [0.05, 0.1) is 0 Å². The number of alkyl carbamates (subject to hydrolysis) is 1. The van der Waals surface area contributed by atoms with E-state index in [0.717, 1.165) is 4.90 Å². The molecule has 1 unspecified atom stereocenters. The van der Waals surface area contributed by atoms with E-state index in [9.17, 15) is 29.4 Å². The lowest BCUT2D eigenvalue weighted by atomic mass is 10.0. The zero-order valence-corrected chi connectivity index (χ0v) is 19.7. The SMILES string of the molecule is CC(C)(C)OC(=O)NC(C(=O)N[C@@H]1C(=O)N2C(C(=O)O)=C(CCl)CS[C@H]12)c1cccc(O)c1. The van der Waals surface area contributed by atoms with E-state index < -0.39 is 46.9 Å². The van der Waals surface area contributed by atoms with E-state index in [1.807, 2.05) is 0 Å². The largest absolute Gasteiger partial charge is 0.508 e. The normalized spacial score (nSPS) is 21.0. The van der Waals surface area contributed by atoms with Crippen LogP contribution in [0.15, 0.2) is 35.5 Å². The fourth-order valence-corrected chi connectivity index (χ4v) is 5.13. The van der Waals surface area contributed by atoms with Crippen LogP contribution in [0.4, 0.5) is 4.79 Å². The highest BCUT2D eigenvalue weighted by Gasteiger charge is 2.54. The number of carbonyl (C=O) groups excluding carboxylic acids is 3. The van der Waals surface area contributed by atoms with Crippen LogP contribution in [0.2, 0.25) is 0 Å². The molecule has 0 bridgehead atoms. The Morgan fingerprint density at radius 2 is 2.03 bits per heavy atom. The summed E-state index contributed by atoms with van der Waals surface area (Å²) in [5.74, 6) is -2.41. The van der Waals surface area contributed by atoms with Gasteiger partial charge in [-0.1, -0.05) is 12.1 Å². The predicted molar refractivity (Wildman–Crippen MR) is 121 cm³/mol. The van der Waals surface area contributed by atoms with Gasteiger partial charge in [0.2, 0.25) is 5.91 Å². The number of hydrogen-bond acceptors (Lipinski definition) is 7. The standard InChI is InChI=1S/C21H24ClN3O7S/c1-21(2,3)32-20(31)24-13(10-5-4-6-12(26)7-10)16(27)23-14-17(28)25-15(19(29)30)11(8-22)9-33-18(14)25/h4-7,13-14,18,26H,8-9H2,1-3H3,(H,23,27)(H,24,31)(H,29,30)/t13?,14-,18-/m1/s1. The van der Waals surface area contributed by atoms with Crippen LogP contribution in [0.25, 0.3) is 0 Å². The number of alkyl halides is 1. The second kappa shape index (κ2) is 9.52. The molecule has 33 heavy (non-hydrogen) atoms. The van der Waals surface area contributed by atoms with E-state index in [1.54, 1.807) is 20.8 Å². The molecule has 3 rings (SSSR count). The topological polar surface area (TPSA) is 145 Å². The zero-order valence-electron chi connectivity index (χ0n) is 18.1. The average Bonchev–Trinajstić information content (AvgIpc) is 2.73. The number of carboxylic acid groups (broad SMARTS) is 1. The summed E-state index contributed by atoms with van der Waals surface area (Å²) in [6.07, 6.45) is -0.859. The number of nitrogens with zero attached hydrogens (tertiary/aromatic N) is 1. The van der Waals surface area contributed by atoms with Gasteiger partial charge in [-0.2, -0.15) is 0 Å². The Labute approximate surface area is 199 Å². The van der Waals surface area contributed by atoms with E-state index in [2.05, 4.69) is 10.6 Å². The highest BCUT2D eigenvalue weighted by atomic mass is 35.5. The first-order valence-electron chi connectivity index (χ1n) is 9.97. The molecular formula is C21H24ClN3O7S. The molecule has 0 aliphatic carbocycles. The van der Waals surface area contributed by atoms with Gasteiger partial charge in [0.25, 0.3) is 5.91 Å². The summed E-state index contributed by atoms with van der Waals surface area (Å²) in [5.41, 5.74) is -0.283. The molecule has 2 aliphatic heterocycles. The molecular weight excluding hydrogens is 474 g/mol. The number of phenols is 1. The number of nitrogens with one attached hydrogen (secondary N) is 2. The number of β-lactam (4-membered cyclic amide) rings is 1. The second-order valence-electron chi connectivity index (χ2n) is 8.46. The molecule has 2 heterocycles. The van der Waals surface area contributed by atoms with Gasteiger partial charge >= 0.3 is 12.1 Å². The first-order valence-corrected chi connectivity index (χ1v) is 11.6. The number of phenolic OH excluding ortho intramolecular Hbond substituents is 1. The Balaban J connectivity index is 1.80. The predicted octanol–water partition coefficient (Wildman–Crippen LogP) is 1.94. The number of aromatic hydroxyl groups is 1. The third kappa shape index (κ3) is 5.36. The quantitative estimate of drug-likeness (QED) is 0.344. The number of amides is 3. The maximum Gasteiger partial charge on any atom is 0.408 e. The smallest absolute Gasteiger partial charge is 0.408 e. The number of carbonyl (C=O) groups is 4. The lowest BCUT2D eigenvalue weighted by molar-refractivity contribution is -0.151. The van der Waals surface area contributed by atoms with Gasteiger partial charge in [0, 0.05) is 11.6 Å². The fourth-order valence-electron chi connectivity index (χ4n) is 3.45. The molecule has 1 saturated heterocycles. The first-order chi connectivity index (χ1) is 15.4. The summed E-state index contributed by atoms with van der Waals surface area (Å²) in [6.45, 7) is 5.00. The van der Waals surface area contributed by atoms with Crippen molar-refractivity contribution in [1.82, 2.24) is 15.5 Å². The van der Waals surface area contributed by atoms with Crippen molar-refractivity contribution in [2.45, 2.75) is 43.8 Å². The van der Waals surface area contributed by atoms with Crippen molar-refractivity contribution < 1.29 is 34.1 Å². The molecule has 2 aliphatic rings. The number of carboxylic acids is 1. The summed E-state index contributed by atoms with van der Waals surface area (Å²) in [5, 5.41) is 23.8. The summed E-state index contributed by atoms with van der Waals surface area (Å²) < 4.78 is 5.23. The Bertz CT molecular complexity index is 1020. The van der Waals surface area contributed by atoms with Gasteiger partial charge in [-0.15, -0.1) is 23.4 Å². The molecule has 1 aromatic carbocycles. The third-order valence-corrected chi connectivity index (χ3v) is 6.50. The van der Waals surface area contributed by atoms with Crippen LogP contribution in [0.3, 0.4) is 0 Å². The Hall–Kier alpha value is -2.92. The molecule has 178 valence electrons. The van der Waals surface area contributed by atoms with Gasteiger partial charge in [0.1, 0.15) is 34.5 Å². The highest BCUT2D eigenvalue weighted by Crippen LogP contribution is 2.40. The molecule has 0 saturated carbocycles. The molecule has 0 aromatic heterocycles. The van der Waals surface area contributed by atoms with Crippen molar-refractivity contribution in [2.24, 2.45) is 0 Å². The van der Waals surface area contributed by atoms with Crippen LogP contribution in [0, 0.1) is 0 Å². The second-order valence-corrected chi connectivity index (χ2v) is 9.83. The Morgan fingerprint density at radius 3 is 2.61 bits per heavy atom. The highest BCUT2D eigenvalue weighted by molar-refractivity contribution is 8.00. The average molecular weight is 498 g/mol. The van der Waals surface area contributed by atoms with Gasteiger partial charge in [-0.3, -0.25) is 14.5 Å². The van der Waals surface area contributed by atoms with Gasteiger partial charge in [-0.05, 0) is 44.0 Å². The molecule has 0 radical (unpaired) electrons. The van der Waals surface area contributed by atoms with Crippen molar-refractivity contribution in [3.63, 3.8) is 0 Å². The van der Waals surface area contributed by atoms with Gasteiger partial charge in [-0.25, -0.2) is 9.59 Å². The Kier molecular flexibility index (Phi) is 7.13. The van der Waals surface area contributed by atoms with Crippen molar-refractivity contribution in [3.05, 3.63) is 41.1 Å². The summed E-state index contributed by atoms with van der Waals surface area (Å²) >= 11 is 7.11. The molecule has 10 nitrogen and oxygen atoms in total. The monoisotopic (exact) mass is 497 g/mol. The van der Waals surface area contributed by atoms with Crippen LogP contribution in [-0.4, -0.2) is 67.6 Å². The van der Waals surface area contributed by atoms with Crippen LogP contribution >= 0.6 is 23.4 Å². The molecule has 3 atom stereocenters. The van der Waals surface area contributed by atoms with E-state index in [4.69, 9.17) is 16.3 Å². The minimum absolute atomic E-state index is 0.0262. The van der Waals surface area contributed by atoms with E-state index >= 15 is 0 Å². The summed E-state index contributed by atoms with van der Waals surface area (Å²) in [6, 6.07) is 3.50. The lowest BCUT2D eigenvalue weighted by Gasteiger charge is -2.49. The number of halogens is 1. The van der Waals surface area contributed by atoms with Crippen LogP contribution in [-0.2, 0) is 19.1 Å². The van der Waals surface area contributed by atoms with E-state index in [1.165, 1.54) is 36.0 Å². The number of thioether (sulfide) groups is 1. The van der Waals surface area contributed by atoms with Crippen molar-refractivity contribution >= 4 is 47.2 Å². The summed E-state index contributed by atoms with van der Waals surface area (Å²) in [7, 11) is 0. The fraction of sp³-hybridized carbons (Fsp3) is 0.429. The minimum atomic E-state index is -1.27. The van der Waals surface area contributed by atoms with Gasteiger partial charge < -0.3 is 25.6 Å². The number of benzene rings is 1. The number of ether oxygens (including phenoxy) is 1. The zero-order chi connectivity index (χ0) is 24.5. The maximum atomic E-state index is 13.1. The van der Waals surface area contributed by atoms with Crippen molar-refractivity contribution in [2.75, 3.05) is 11.6 Å². The van der Waals surface area contributed by atoms with Crippen molar-refractivity contribution in [3.8, 4) is 5.75 Å². The third-order valence-electron chi connectivity index (χ3n) is 4.84. The van der Waals surface area contributed by atoms with Crippen LogP contribution < -0.4 is 10.6 Å².